The van der Waals surface area contributed by atoms with Crippen LogP contribution in [0.1, 0.15) is 26.3 Å². The molecule has 0 amide bonds. The average Bonchev–Trinajstić information content (AvgIpc) is 2.25. The monoisotopic (exact) mass is 239 g/mol. The van der Waals surface area contributed by atoms with E-state index in [2.05, 4.69) is 5.32 Å². The van der Waals surface area contributed by atoms with E-state index in [9.17, 15) is 14.3 Å². The molecule has 1 aromatic carbocycles. The van der Waals surface area contributed by atoms with Crippen LogP contribution in [0.2, 0.25) is 0 Å². The zero-order chi connectivity index (χ0) is 13.1. The summed E-state index contributed by atoms with van der Waals surface area (Å²) in [6.45, 7) is 6.08. The van der Waals surface area contributed by atoms with Gasteiger partial charge in [0.2, 0.25) is 0 Å². The SMILES string of the molecule is CC(C)CNC(C)(C(=O)O)c1cccc(F)c1. The van der Waals surface area contributed by atoms with Crippen LogP contribution in [0.25, 0.3) is 0 Å². The topological polar surface area (TPSA) is 49.3 Å². The lowest BCUT2D eigenvalue weighted by Gasteiger charge is -2.28. The maximum atomic E-state index is 13.1. The Morgan fingerprint density at radius 1 is 1.53 bits per heavy atom. The Bertz CT molecular complexity index is 406. The van der Waals surface area contributed by atoms with Crippen molar-refractivity contribution < 1.29 is 14.3 Å². The second-order valence-electron chi connectivity index (χ2n) is 4.72. The zero-order valence-corrected chi connectivity index (χ0v) is 10.3. The van der Waals surface area contributed by atoms with Gasteiger partial charge in [0.05, 0.1) is 0 Å². The molecule has 0 saturated carbocycles. The second kappa shape index (κ2) is 5.27. The summed E-state index contributed by atoms with van der Waals surface area (Å²) in [7, 11) is 0. The number of hydrogen-bond donors (Lipinski definition) is 2. The van der Waals surface area contributed by atoms with Crippen molar-refractivity contribution in [1.82, 2.24) is 5.32 Å². The first-order valence-corrected chi connectivity index (χ1v) is 5.60. The largest absolute Gasteiger partial charge is 0.480 e. The van der Waals surface area contributed by atoms with Crippen LogP contribution in [-0.4, -0.2) is 17.6 Å². The number of rotatable bonds is 5. The van der Waals surface area contributed by atoms with Gasteiger partial charge in [0.15, 0.2) is 0 Å². The predicted molar refractivity (Wildman–Crippen MR) is 64.2 cm³/mol. The van der Waals surface area contributed by atoms with Gasteiger partial charge in [0.25, 0.3) is 0 Å². The molecule has 4 heteroatoms. The van der Waals surface area contributed by atoms with Crippen molar-refractivity contribution in [2.24, 2.45) is 5.92 Å². The van der Waals surface area contributed by atoms with E-state index in [1.54, 1.807) is 13.0 Å². The third kappa shape index (κ3) is 3.27. The third-order valence-electron chi connectivity index (χ3n) is 2.69. The summed E-state index contributed by atoms with van der Waals surface area (Å²) in [5.41, 5.74) is -0.836. The molecule has 17 heavy (non-hydrogen) atoms. The van der Waals surface area contributed by atoms with Crippen molar-refractivity contribution in [2.45, 2.75) is 26.3 Å². The molecule has 0 saturated heterocycles. The molecule has 0 aliphatic carbocycles. The van der Waals surface area contributed by atoms with E-state index in [4.69, 9.17) is 0 Å². The number of hydrogen-bond acceptors (Lipinski definition) is 2. The summed E-state index contributed by atoms with van der Waals surface area (Å²) >= 11 is 0. The summed E-state index contributed by atoms with van der Waals surface area (Å²) in [6.07, 6.45) is 0. The van der Waals surface area contributed by atoms with Crippen LogP contribution < -0.4 is 5.32 Å². The second-order valence-corrected chi connectivity index (χ2v) is 4.72. The first-order valence-electron chi connectivity index (χ1n) is 5.60. The van der Waals surface area contributed by atoms with Gasteiger partial charge in [-0.1, -0.05) is 26.0 Å². The number of halogens is 1. The minimum absolute atomic E-state index is 0.322. The summed E-state index contributed by atoms with van der Waals surface area (Å²) in [5.74, 6) is -1.12. The van der Waals surface area contributed by atoms with Crippen molar-refractivity contribution in [2.75, 3.05) is 6.54 Å². The van der Waals surface area contributed by atoms with Gasteiger partial charge in [0.1, 0.15) is 11.4 Å². The van der Waals surface area contributed by atoms with Crippen molar-refractivity contribution in [3.63, 3.8) is 0 Å². The van der Waals surface area contributed by atoms with Gasteiger partial charge in [-0.05, 0) is 37.1 Å². The van der Waals surface area contributed by atoms with Crippen molar-refractivity contribution >= 4 is 5.97 Å². The first kappa shape index (κ1) is 13.6. The molecule has 1 unspecified atom stereocenters. The number of benzene rings is 1. The minimum Gasteiger partial charge on any atom is -0.480 e. The maximum absolute atomic E-state index is 13.1. The van der Waals surface area contributed by atoms with Crippen LogP contribution in [0.15, 0.2) is 24.3 Å². The van der Waals surface area contributed by atoms with Crippen molar-refractivity contribution in [1.29, 1.82) is 0 Å². The Morgan fingerprint density at radius 2 is 2.18 bits per heavy atom. The van der Waals surface area contributed by atoms with E-state index in [-0.39, 0.29) is 0 Å². The van der Waals surface area contributed by atoms with Gasteiger partial charge in [0, 0.05) is 0 Å². The highest BCUT2D eigenvalue weighted by molar-refractivity contribution is 5.80. The molecule has 1 aromatic rings. The molecule has 0 spiro atoms. The van der Waals surface area contributed by atoms with Gasteiger partial charge in [-0.15, -0.1) is 0 Å². The molecule has 0 aliphatic rings. The summed E-state index contributed by atoms with van der Waals surface area (Å²) in [6, 6.07) is 5.68. The fraction of sp³-hybridized carbons (Fsp3) is 0.462. The molecule has 1 atom stereocenters. The van der Waals surface area contributed by atoms with E-state index in [1.165, 1.54) is 18.2 Å². The van der Waals surface area contributed by atoms with Crippen LogP contribution in [0.5, 0.6) is 0 Å². The fourth-order valence-electron chi connectivity index (χ4n) is 1.51. The van der Waals surface area contributed by atoms with Crippen molar-refractivity contribution in [3.8, 4) is 0 Å². The normalized spacial score (nSPS) is 14.6. The van der Waals surface area contributed by atoms with Gasteiger partial charge < -0.3 is 5.11 Å². The van der Waals surface area contributed by atoms with Gasteiger partial charge in [-0.3, -0.25) is 5.32 Å². The summed E-state index contributed by atoms with van der Waals surface area (Å²) in [5, 5.41) is 12.3. The lowest BCUT2D eigenvalue weighted by atomic mass is 9.91. The van der Waals surface area contributed by atoms with E-state index >= 15 is 0 Å². The Balaban J connectivity index is 3.03. The van der Waals surface area contributed by atoms with Crippen LogP contribution in [0.4, 0.5) is 4.39 Å². The smallest absolute Gasteiger partial charge is 0.328 e. The molecular weight excluding hydrogens is 221 g/mol. The number of carboxylic acids is 1. The van der Waals surface area contributed by atoms with Crippen LogP contribution in [0, 0.1) is 11.7 Å². The molecule has 2 N–H and O–H groups in total. The van der Waals surface area contributed by atoms with Crippen LogP contribution in [0.3, 0.4) is 0 Å². The number of nitrogens with one attached hydrogen (secondary N) is 1. The lowest BCUT2D eigenvalue weighted by Crippen LogP contribution is -2.48. The maximum Gasteiger partial charge on any atom is 0.328 e. The first-order chi connectivity index (χ1) is 7.86. The molecule has 94 valence electrons. The molecule has 0 fully saturated rings. The fourth-order valence-corrected chi connectivity index (χ4v) is 1.51. The molecule has 1 rings (SSSR count). The van der Waals surface area contributed by atoms with Gasteiger partial charge in [-0.25, -0.2) is 9.18 Å². The van der Waals surface area contributed by atoms with Crippen molar-refractivity contribution in [3.05, 3.63) is 35.6 Å². The predicted octanol–water partition coefficient (Wildman–Crippen LogP) is 2.37. The molecule has 3 nitrogen and oxygen atoms in total. The van der Waals surface area contributed by atoms with E-state index in [0.29, 0.717) is 18.0 Å². The zero-order valence-electron chi connectivity index (χ0n) is 10.3. The molecule has 0 aliphatic heterocycles. The Morgan fingerprint density at radius 3 is 2.65 bits per heavy atom. The quantitative estimate of drug-likeness (QED) is 0.829. The Labute approximate surface area is 101 Å². The number of carboxylic acid groups (broad SMARTS) is 1. The number of carbonyl (C=O) groups is 1. The molecule has 0 heterocycles. The Hall–Kier alpha value is -1.42. The third-order valence-corrected chi connectivity index (χ3v) is 2.69. The van der Waals surface area contributed by atoms with Crippen LogP contribution >= 0.6 is 0 Å². The van der Waals surface area contributed by atoms with E-state index in [1.807, 2.05) is 13.8 Å². The number of aliphatic carboxylic acids is 1. The van der Waals surface area contributed by atoms with Gasteiger partial charge >= 0.3 is 5.97 Å². The van der Waals surface area contributed by atoms with E-state index < -0.39 is 17.3 Å². The molecule has 0 radical (unpaired) electrons. The molecule has 0 bridgehead atoms. The Kier molecular flexibility index (Phi) is 4.23. The minimum atomic E-state index is -1.26. The summed E-state index contributed by atoms with van der Waals surface area (Å²) in [4.78, 5) is 11.4. The summed E-state index contributed by atoms with van der Waals surface area (Å²) < 4.78 is 13.1. The lowest BCUT2D eigenvalue weighted by molar-refractivity contribution is -0.144. The molecule has 0 aromatic heterocycles. The average molecular weight is 239 g/mol. The van der Waals surface area contributed by atoms with Gasteiger partial charge in [-0.2, -0.15) is 0 Å². The highest BCUT2D eigenvalue weighted by Gasteiger charge is 2.34. The highest BCUT2D eigenvalue weighted by Crippen LogP contribution is 2.22. The van der Waals surface area contributed by atoms with Crippen LogP contribution in [-0.2, 0) is 10.3 Å². The highest BCUT2D eigenvalue weighted by atomic mass is 19.1. The molecular formula is C13H18FNO2. The standard InChI is InChI=1S/C13H18FNO2/c1-9(2)8-15-13(3,12(16)17)10-5-4-6-11(14)7-10/h4-7,9,15H,8H2,1-3H3,(H,16,17). The van der Waals surface area contributed by atoms with E-state index in [0.717, 1.165) is 0 Å².